The molecule has 0 radical (unpaired) electrons. The van der Waals surface area contributed by atoms with Crippen LogP contribution in [0.4, 0.5) is 0 Å². The van der Waals surface area contributed by atoms with Crippen molar-refractivity contribution >= 4 is 29.3 Å². The summed E-state index contributed by atoms with van der Waals surface area (Å²) in [6.45, 7) is 3.94. The minimum Gasteiger partial charge on any atom is -0.466 e. The summed E-state index contributed by atoms with van der Waals surface area (Å²) >= 11 is 6.24. The molecule has 0 saturated heterocycles. The molecular formula is C23H26ClNO4. The number of hydrogen-bond acceptors (Lipinski definition) is 4. The first kappa shape index (κ1) is 22.6. The molecule has 0 saturated carbocycles. The first-order valence-corrected chi connectivity index (χ1v) is 10.1. The summed E-state index contributed by atoms with van der Waals surface area (Å²) in [6, 6.07) is 14.7. The third kappa shape index (κ3) is 7.02. The predicted octanol–water partition coefficient (Wildman–Crippen LogP) is 4.52. The number of hydrogen-bond donors (Lipinski definition) is 1. The average Bonchev–Trinajstić information content (AvgIpc) is 2.70. The number of amides is 1. The molecule has 0 fully saturated rings. The standard InChI is InChI=1S/C23H26ClNO4/c1-3-29-23(28)15-20(17-8-5-4-6-9-17)21-14-18(24)11-12-19(21)22(27)10-7-13-25-16(2)26/h4-6,8-9,11-12,14,20H,3,7,10,13,15H2,1-2H3,(H,25,26). The van der Waals surface area contributed by atoms with E-state index in [1.165, 1.54) is 6.92 Å². The molecule has 0 aliphatic carbocycles. The van der Waals surface area contributed by atoms with Gasteiger partial charge in [-0.25, -0.2) is 0 Å². The summed E-state index contributed by atoms with van der Waals surface area (Å²) in [5, 5.41) is 3.19. The monoisotopic (exact) mass is 415 g/mol. The van der Waals surface area contributed by atoms with Crippen LogP contribution in [0.2, 0.25) is 5.02 Å². The summed E-state index contributed by atoms with van der Waals surface area (Å²) in [4.78, 5) is 36.2. The molecule has 1 amide bonds. The Bertz CT molecular complexity index is 851. The molecule has 5 nitrogen and oxygen atoms in total. The van der Waals surface area contributed by atoms with Crippen LogP contribution in [0.1, 0.15) is 60.5 Å². The molecule has 2 aromatic carbocycles. The van der Waals surface area contributed by atoms with E-state index in [-0.39, 0.29) is 36.4 Å². The van der Waals surface area contributed by atoms with Crippen LogP contribution in [-0.2, 0) is 14.3 Å². The summed E-state index contributed by atoms with van der Waals surface area (Å²) < 4.78 is 5.15. The van der Waals surface area contributed by atoms with E-state index in [0.717, 1.165) is 5.56 Å². The normalized spacial score (nSPS) is 11.6. The molecule has 0 heterocycles. The zero-order valence-corrected chi connectivity index (χ0v) is 17.5. The van der Waals surface area contributed by atoms with Crippen molar-refractivity contribution in [1.29, 1.82) is 0 Å². The number of Topliss-reactive ketones (excluding diaryl/α,β-unsaturated/α-hetero) is 1. The van der Waals surface area contributed by atoms with Gasteiger partial charge in [0.2, 0.25) is 5.91 Å². The van der Waals surface area contributed by atoms with Crippen molar-refractivity contribution in [3.8, 4) is 0 Å². The lowest BCUT2D eigenvalue weighted by atomic mass is 9.84. The van der Waals surface area contributed by atoms with Gasteiger partial charge < -0.3 is 10.1 Å². The van der Waals surface area contributed by atoms with E-state index >= 15 is 0 Å². The highest BCUT2D eigenvalue weighted by atomic mass is 35.5. The number of rotatable bonds is 10. The summed E-state index contributed by atoms with van der Waals surface area (Å²) in [5.74, 6) is -0.844. The minimum atomic E-state index is -0.344. The SMILES string of the molecule is CCOC(=O)CC(c1ccccc1)c1cc(Cl)ccc1C(=O)CCCNC(C)=O. The largest absolute Gasteiger partial charge is 0.466 e. The van der Waals surface area contributed by atoms with Crippen LogP contribution < -0.4 is 5.32 Å². The third-order valence-electron chi connectivity index (χ3n) is 4.52. The molecule has 0 aliphatic rings. The molecule has 1 unspecified atom stereocenters. The van der Waals surface area contributed by atoms with Gasteiger partial charge in [0.25, 0.3) is 0 Å². The lowest BCUT2D eigenvalue weighted by Crippen LogP contribution is -2.21. The smallest absolute Gasteiger partial charge is 0.306 e. The maximum Gasteiger partial charge on any atom is 0.306 e. The van der Waals surface area contributed by atoms with Crippen LogP contribution in [0.25, 0.3) is 0 Å². The van der Waals surface area contributed by atoms with Gasteiger partial charge in [-0.05, 0) is 42.7 Å². The molecule has 0 aromatic heterocycles. The number of esters is 1. The number of ether oxygens (including phenoxy) is 1. The molecule has 0 spiro atoms. The summed E-state index contributed by atoms with van der Waals surface area (Å²) in [6.07, 6.45) is 0.939. The van der Waals surface area contributed by atoms with E-state index < -0.39 is 0 Å². The van der Waals surface area contributed by atoms with Crippen molar-refractivity contribution < 1.29 is 19.1 Å². The van der Waals surface area contributed by atoms with Gasteiger partial charge in [0, 0.05) is 36.4 Å². The Morgan fingerprint density at radius 3 is 2.48 bits per heavy atom. The maximum atomic E-state index is 12.9. The highest BCUT2D eigenvalue weighted by molar-refractivity contribution is 6.30. The molecule has 1 N–H and O–H groups in total. The van der Waals surface area contributed by atoms with Crippen molar-refractivity contribution in [3.05, 3.63) is 70.2 Å². The van der Waals surface area contributed by atoms with Gasteiger partial charge in [-0.2, -0.15) is 0 Å². The Morgan fingerprint density at radius 1 is 1.10 bits per heavy atom. The fraction of sp³-hybridized carbons (Fsp3) is 0.348. The Balaban J connectivity index is 2.34. The number of ketones is 1. The number of carbonyl (C=O) groups is 3. The van der Waals surface area contributed by atoms with Gasteiger partial charge in [-0.1, -0.05) is 41.9 Å². The first-order valence-electron chi connectivity index (χ1n) is 9.70. The van der Waals surface area contributed by atoms with E-state index in [2.05, 4.69) is 5.32 Å². The van der Waals surface area contributed by atoms with E-state index in [4.69, 9.17) is 16.3 Å². The number of benzene rings is 2. The molecule has 0 aliphatic heterocycles. The minimum absolute atomic E-state index is 0.0493. The number of nitrogens with one attached hydrogen (secondary N) is 1. The van der Waals surface area contributed by atoms with Gasteiger partial charge in [0.1, 0.15) is 0 Å². The molecule has 2 rings (SSSR count). The van der Waals surface area contributed by atoms with Crippen LogP contribution in [0.3, 0.4) is 0 Å². The van der Waals surface area contributed by atoms with Crippen molar-refractivity contribution in [2.24, 2.45) is 0 Å². The second kappa shape index (κ2) is 11.4. The van der Waals surface area contributed by atoms with Gasteiger partial charge in [0.15, 0.2) is 5.78 Å². The Kier molecular flexibility index (Phi) is 8.87. The van der Waals surface area contributed by atoms with Crippen LogP contribution in [0.15, 0.2) is 48.5 Å². The van der Waals surface area contributed by atoms with Crippen molar-refractivity contribution in [2.75, 3.05) is 13.2 Å². The molecular weight excluding hydrogens is 390 g/mol. The maximum absolute atomic E-state index is 12.9. The fourth-order valence-corrected chi connectivity index (χ4v) is 3.38. The summed E-state index contributed by atoms with van der Waals surface area (Å²) in [5.41, 5.74) is 2.16. The quantitative estimate of drug-likeness (QED) is 0.351. The average molecular weight is 416 g/mol. The van der Waals surface area contributed by atoms with Crippen molar-refractivity contribution in [1.82, 2.24) is 5.32 Å². The first-order chi connectivity index (χ1) is 13.9. The molecule has 154 valence electrons. The fourth-order valence-electron chi connectivity index (χ4n) is 3.20. The second-order valence-corrected chi connectivity index (χ2v) is 7.15. The van der Waals surface area contributed by atoms with Gasteiger partial charge >= 0.3 is 5.97 Å². The molecule has 1 atom stereocenters. The number of halogens is 1. The van der Waals surface area contributed by atoms with Crippen molar-refractivity contribution in [2.45, 2.75) is 39.0 Å². The molecule has 29 heavy (non-hydrogen) atoms. The Hall–Kier alpha value is -2.66. The molecule has 2 aromatic rings. The van der Waals surface area contributed by atoms with E-state index in [0.29, 0.717) is 35.7 Å². The Labute approximate surface area is 176 Å². The van der Waals surface area contributed by atoms with Crippen LogP contribution >= 0.6 is 11.6 Å². The number of carbonyl (C=O) groups excluding carboxylic acids is 3. The van der Waals surface area contributed by atoms with Crippen LogP contribution in [0.5, 0.6) is 0 Å². The van der Waals surface area contributed by atoms with Gasteiger partial charge in [-0.15, -0.1) is 0 Å². The summed E-state index contributed by atoms with van der Waals surface area (Å²) in [7, 11) is 0. The highest BCUT2D eigenvalue weighted by Gasteiger charge is 2.24. The zero-order chi connectivity index (χ0) is 21.2. The lowest BCUT2D eigenvalue weighted by molar-refractivity contribution is -0.143. The zero-order valence-electron chi connectivity index (χ0n) is 16.7. The highest BCUT2D eigenvalue weighted by Crippen LogP contribution is 2.33. The lowest BCUT2D eigenvalue weighted by Gasteiger charge is -2.20. The molecule has 0 bridgehead atoms. The Morgan fingerprint density at radius 2 is 1.83 bits per heavy atom. The van der Waals surface area contributed by atoms with Crippen LogP contribution in [0, 0.1) is 0 Å². The van der Waals surface area contributed by atoms with E-state index in [1.807, 2.05) is 30.3 Å². The molecule has 6 heteroatoms. The van der Waals surface area contributed by atoms with E-state index in [9.17, 15) is 14.4 Å². The van der Waals surface area contributed by atoms with E-state index in [1.54, 1.807) is 25.1 Å². The second-order valence-electron chi connectivity index (χ2n) is 6.71. The van der Waals surface area contributed by atoms with Crippen LogP contribution in [-0.4, -0.2) is 30.8 Å². The topological polar surface area (TPSA) is 72.5 Å². The third-order valence-corrected chi connectivity index (χ3v) is 4.76. The van der Waals surface area contributed by atoms with Gasteiger partial charge in [0.05, 0.1) is 13.0 Å². The van der Waals surface area contributed by atoms with Crippen molar-refractivity contribution in [3.63, 3.8) is 0 Å². The predicted molar refractivity (Wildman–Crippen MR) is 113 cm³/mol. The van der Waals surface area contributed by atoms with Gasteiger partial charge in [-0.3, -0.25) is 14.4 Å².